The van der Waals surface area contributed by atoms with Gasteiger partial charge in [-0.1, -0.05) is 6.58 Å². The predicted octanol–water partition coefficient (Wildman–Crippen LogP) is -0.975. The highest BCUT2D eigenvalue weighted by molar-refractivity contribution is 5.80. The van der Waals surface area contributed by atoms with Crippen molar-refractivity contribution in [3.63, 3.8) is 0 Å². The summed E-state index contributed by atoms with van der Waals surface area (Å²) in [7, 11) is 1.31. The van der Waals surface area contributed by atoms with Gasteiger partial charge in [-0.05, 0) is 6.92 Å². The average molecular weight is 178 g/mol. The Morgan fingerprint density at radius 1 is 1.67 bits per heavy atom. The van der Waals surface area contributed by atoms with E-state index in [4.69, 9.17) is 15.3 Å². The zero-order chi connectivity index (χ0) is 10.2. The summed E-state index contributed by atoms with van der Waals surface area (Å²) in [5, 5.41) is 24.2. The molecule has 12 heavy (non-hydrogen) atoms. The molecular weight excluding hydrogens is 164 g/mol. The van der Waals surface area contributed by atoms with Gasteiger partial charge in [0.15, 0.2) is 5.79 Å². The van der Waals surface area contributed by atoms with Crippen LogP contribution in [0.3, 0.4) is 0 Å². The van der Waals surface area contributed by atoms with Crippen LogP contribution in [-0.4, -0.2) is 40.8 Å². The van der Waals surface area contributed by atoms with Gasteiger partial charge < -0.3 is 20.1 Å². The van der Waals surface area contributed by atoms with Crippen molar-refractivity contribution in [2.75, 3.05) is 13.7 Å². The summed E-state index contributed by atoms with van der Waals surface area (Å²) in [6.45, 7) is 3.64. The van der Waals surface area contributed by atoms with Gasteiger partial charge in [0.25, 0.3) is 0 Å². The lowest BCUT2D eigenvalue weighted by molar-refractivity contribution is -0.171. The maximum absolute atomic E-state index is 9.84. The third-order valence-corrected chi connectivity index (χ3v) is 0.667. The van der Waals surface area contributed by atoms with Crippen LogP contribution in [0.4, 0.5) is 0 Å². The normalized spacial score (nSPS) is 9.42. The highest BCUT2D eigenvalue weighted by Crippen LogP contribution is 1.90. The summed E-state index contributed by atoms with van der Waals surface area (Å²) >= 11 is 0. The molecule has 0 amide bonds. The largest absolute Gasteiger partial charge is 0.466 e. The van der Waals surface area contributed by atoms with Gasteiger partial charge >= 0.3 is 5.97 Å². The summed E-state index contributed by atoms with van der Waals surface area (Å²) < 4.78 is 4.14. The molecule has 0 aromatic carbocycles. The Bertz CT molecular complexity index is 135. The Kier molecular flexibility index (Phi) is 7.72. The first-order valence-corrected chi connectivity index (χ1v) is 3.13. The van der Waals surface area contributed by atoms with Crippen molar-refractivity contribution in [3.05, 3.63) is 12.7 Å². The van der Waals surface area contributed by atoms with Crippen LogP contribution in [0, 0.1) is 0 Å². The standard InChI is InChI=1S/C4H6O2.C3H8O3/c1-3-4(5)6-2;1-3(5,6)2-4/h3H,1H2,2H3;4-6H,2H2,1H3. The van der Waals surface area contributed by atoms with Gasteiger partial charge in [-0.3, -0.25) is 0 Å². The molecule has 0 aromatic heterocycles. The molecule has 0 saturated carbocycles. The van der Waals surface area contributed by atoms with Gasteiger partial charge in [0.05, 0.1) is 13.7 Å². The van der Waals surface area contributed by atoms with Gasteiger partial charge in [-0.2, -0.15) is 0 Å². The monoisotopic (exact) mass is 178 g/mol. The fourth-order valence-electron chi connectivity index (χ4n) is 0.0833. The molecule has 0 spiro atoms. The van der Waals surface area contributed by atoms with Crippen molar-refractivity contribution >= 4 is 5.97 Å². The third-order valence-electron chi connectivity index (χ3n) is 0.667. The number of hydrogen-bond acceptors (Lipinski definition) is 5. The molecule has 5 nitrogen and oxygen atoms in total. The van der Waals surface area contributed by atoms with E-state index in [-0.39, 0.29) is 0 Å². The number of hydrogen-bond donors (Lipinski definition) is 3. The van der Waals surface area contributed by atoms with Crippen molar-refractivity contribution < 1.29 is 24.9 Å². The SMILES string of the molecule is C=CC(=O)OC.CC(O)(O)CO. The lowest BCUT2D eigenvalue weighted by Crippen LogP contribution is -2.27. The number of ether oxygens (including phenoxy) is 1. The Morgan fingerprint density at radius 3 is 2.00 bits per heavy atom. The molecule has 0 atom stereocenters. The Morgan fingerprint density at radius 2 is 2.00 bits per heavy atom. The first kappa shape index (κ1) is 13.7. The molecule has 0 saturated heterocycles. The minimum Gasteiger partial charge on any atom is -0.466 e. The van der Waals surface area contributed by atoms with Crippen molar-refractivity contribution in [1.29, 1.82) is 0 Å². The van der Waals surface area contributed by atoms with E-state index < -0.39 is 18.4 Å². The minimum atomic E-state index is -1.90. The van der Waals surface area contributed by atoms with E-state index in [1.807, 2.05) is 0 Å². The molecule has 0 aliphatic heterocycles. The van der Waals surface area contributed by atoms with E-state index in [9.17, 15) is 4.79 Å². The van der Waals surface area contributed by atoms with E-state index in [0.717, 1.165) is 13.0 Å². The van der Waals surface area contributed by atoms with Crippen LogP contribution in [0.25, 0.3) is 0 Å². The van der Waals surface area contributed by atoms with Gasteiger partial charge in [0.1, 0.15) is 0 Å². The molecule has 3 N–H and O–H groups in total. The highest BCUT2D eigenvalue weighted by atomic mass is 16.5. The molecule has 0 unspecified atom stereocenters. The van der Waals surface area contributed by atoms with Crippen LogP contribution in [-0.2, 0) is 9.53 Å². The van der Waals surface area contributed by atoms with Crippen molar-refractivity contribution in [2.24, 2.45) is 0 Å². The molecule has 72 valence electrons. The minimum absolute atomic E-state index is 0.394. The van der Waals surface area contributed by atoms with Gasteiger partial charge in [-0.25, -0.2) is 4.79 Å². The van der Waals surface area contributed by atoms with Gasteiger partial charge in [0.2, 0.25) is 0 Å². The van der Waals surface area contributed by atoms with Crippen molar-refractivity contribution in [3.8, 4) is 0 Å². The Hall–Kier alpha value is -0.910. The molecular formula is C7H14O5. The zero-order valence-electron chi connectivity index (χ0n) is 7.15. The van der Waals surface area contributed by atoms with E-state index in [0.29, 0.717) is 0 Å². The second-order valence-corrected chi connectivity index (χ2v) is 2.10. The number of carbonyl (C=O) groups is 1. The van der Waals surface area contributed by atoms with Crippen LogP contribution in [0.1, 0.15) is 6.92 Å². The van der Waals surface area contributed by atoms with Crippen molar-refractivity contribution in [1.82, 2.24) is 0 Å². The molecule has 5 heteroatoms. The summed E-state index contributed by atoms with van der Waals surface area (Å²) in [6.07, 6.45) is 1.11. The van der Waals surface area contributed by atoms with Crippen LogP contribution >= 0.6 is 0 Å². The summed E-state index contributed by atoms with van der Waals surface area (Å²) in [6, 6.07) is 0. The van der Waals surface area contributed by atoms with Crippen molar-refractivity contribution in [2.45, 2.75) is 12.7 Å². The molecule has 0 heterocycles. The summed E-state index contributed by atoms with van der Waals surface area (Å²) in [5.41, 5.74) is 0. The number of methoxy groups -OCH3 is 1. The van der Waals surface area contributed by atoms with Crippen LogP contribution in [0.5, 0.6) is 0 Å². The fourth-order valence-corrected chi connectivity index (χ4v) is 0.0833. The molecule has 0 fully saturated rings. The zero-order valence-corrected chi connectivity index (χ0v) is 7.15. The molecule has 0 radical (unpaired) electrons. The first-order valence-electron chi connectivity index (χ1n) is 3.13. The molecule has 0 aromatic rings. The molecule has 0 rings (SSSR count). The summed E-state index contributed by atoms with van der Waals surface area (Å²) in [4.78, 5) is 9.84. The Balaban J connectivity index is 0. The second-order valence-electron chi connectivity index (χ2n) is 2.10. The quantitative estimate of drug-likeness (QED) is 0.287. The lowest BCUT2D eigenvalue weighted by atomic mass is 10.4. The highest BCUT2D eigenvalue weighted by Gasteiger charge is 2.10. The maximum atomic E-state index is 9.84. The second kappa shape index (κ2) is 6.78. The Labute approximate surface area is 70.9 Å². The lowest BCUT2D eigenvalue weighted by Gasteiger charge is -2.09. The number of aliphatic hydroxyl groups excluding tert-OH is 1. The van der Waals surface area contributed by atoms with Crippen LogP contribution in [0.15, 0.2) is 12.7 Å². The topological polar surface area (TPSA) is 87.0 Å². The third kappa shape index (κ3) is 16.0. The van der Waals surface area contributed by atoms with Gasteiger partial charge in [-0.15, -0.1) is 0 Å². The molecule has 0 bridgehead atoms. The fraction of sp³-hybridized carbons (Fsp3) is 0.571. The molecule has 0 aliphatic rings. The van der Waals surface area contributed by atoms with Crippen LogP contribution < -0.4 is 0 Å². The van der Waals surface area contributed by atoms with Crippen LogP contribution in [0.2, 0.25) is 0 Å². The van der Waals surface area contributed by atoms with E-state index in [2.05, 4.69) is 11.3 Å². The number of aliphatic hydroxyl groups is 3. The molecule has 0 aliphatic carbocycles. The van der Waals surface area contributed by atoms with Gasteiger partial charge in [0, 0.05) is 6.08 Å². The smallest absolute Gasteiger partial charge is 0.329 e. The number of esters is 1. The predicted molar refractivity (Wildman–Crippen MR) is 42.1 cm³/mol. The first-order chi connectivity index (χ1) is 5.37. The maximum Gasteiger partial charge on any atom is 0.329 e. The average Bonchev–Trinajstić information content (AvgIpc) is 2.03. The summed E-state index contributed by atoms with van der Waals surface area (Å²) in [5.74, 6) is -2.30. The number of carbonyl (C=O) groups excluding carboxylic acids is 1. The van der Waals surface area contributed by atoms with E-state index in [1.165, 1.54) is 7.11 Å². The van der Waals surface area contributed by atoms with E-state index in [1.54, 1.807) is 0 Å². The number of rotatable bonds is 2. The van der Waals surface area contributed by atoms with E-state index >= 15 is 0 Å².